The van der Waals surface area contributed by atoms with E-state index in [1.165, 1.54) is 0 Å². The van der Waals surface area contributed by atoms with E-state index in [0.717, 1.165) is 27.5 Å². The summed E-state index contributed by atoms with van der Waals surface area (Å²) in [5.41, 5.74) is 12.6. The van der Waals surface area contributed by atoms with Crippen LogP contribution in [0.5, 0.6) is 0 Å². The van der Waals surface area contributed by atoms with Gasteiger partial charge in [0.15, 0.2) is 6.10 Å². The molecule has 0 radical (unpaired) electrons. The van der Waals surface area contributed by atoms with Crippen molar-refractivity contribution in [2.24, 2.45) is 11.5 Å². The Labute approximate surface area is 253 Å². The molecular formula is C32H32N4O8. The van der Waals surface area contributed by atoms with Crippen molar-refractivity contribution in [2.45, 2.75) is 44.4 Å². The predicted molar refractivity (Wildman–Crippen MR) is 158 cm³/mol. The Hall–Kier alpha value is -4.88. The second-order valence-corrected chi connectivity index (χ2v) is 10.2. The van der Waals surface area contributed by atoms with Crippen LogP contribution in [0.2, 0.25) is 0 Å². The van der Waals surface area contributed by atoms with Crippen molar-refractivity contribution >= 4 is 17.6 Å². The highest BCUT2D eigenvalue weighted by molar-refractivity contribution is 6.08. The molecule has 1 fully saturated rings. The summed E-state index contributed by atoms with van der Waals surface area (Å²) in [6, 6.07) is 28.4. The molecule has 4 N–H and O–H groups in total. The zero-order valence-corrected chi connectivity index (χ0v) is 23.7. The Morgan fingerprint density at radius 1 is 0.773 bits per heavy atom. The molecule has 4 aromatic rings. The Morgan fingerprint density at radius 3 is 1.75 bits per heavy atom. The van der Waals surface area contributed by atoms with E-state index in [9.17, 15) is 19.7 Å². The molecule has 228 valence electrons. The number of rotatable bonds is 14. The molecular weight excluding hydrogens is 568 g/mol. The van der Waals surface area contributed by atoms with Gasteiger partial charge in [-0.3, -0.25) is 9.59 Å². The molecule has 0 unspecified atom stereocenters. The predicted octanol–water partition coefficient (Wildman–Crippen LogP) is 3.88. The highest BCUT2D eigenvalue weighted by Crippen LogP contribution is 2.39. The highest BCUT2D eigenvalue weighted by Gasteiger charge is 2.52. The van der Waals surface area contributed by atoms with Crippen LogP contribution in [0.15, 0.2) is 97.2 Å². The van der Waals surface area contributed by atoms with Gasteiger partial charge in [0, 0.05) is 0 Å². The Balaban J connectivity index is 1.52. The first kappa shape index (κ1) is 30.6. The van der Waals surface area contributed by atoms with E-state index in [1.807, 2.05) is 91.0 Å². The van der Waals surface area contributed by atoms with Crippen LogP contribution in [-0.2, 0) is 38.8 Å². The normalized spacial score (nSPS) is 19.5. The molecule has 0 spiro atoms. The number of nitrogens with zero attached hydrogens (tertiary/aromatic N) is 2. The van der Waals surface area contributed by atoms with Gasteiger partial charge in [-0.15, -0.1) is 0 Å². The van der Waals surface area contributed by atoms with E-state index in [2.05, 4.69) is 0 Å². The lowest BCUT2D eigenvalue weighted by molar-refractivity contribution is -0.394. The first-order valence-corrected chi connectivity index (χ1v) is 13.9. The number of hydrogen-bond donors (Lipinski definition) is 2. The third-order valence-electron chi connectivity index (χ3n) is 7.21. The summed E-state index contributed by atoms with van der Waals surface area (Å²) < 4.78 is 26.2. The molecule has 1 saturated heterocycles. The second-order valence-electron chi connectivity index (χ2n) is 10.2. The number of amides is 2. The molecule has 44 heavy (non-hydrogen) atoms. The smallest absolute Gasteiger partial charge is 0.338 e. The van der Waals surface area contributed by atoms with E-state index in [-0.39, 0.29) is 26.4 Å². The number of nitro groups is 1. The van der Waals surface area contributed by atoms with Crippen LogP contribution in [0, 0.1) is 10.1 Å². The number of primary amides is 2. The van der Waals surface area contributed by atoms with E-state index in [4.69, 9.17) is 30.4 Å². The number of hydrogen-bond acceptors (Lipinski definition) is 8. The van der Waals surface area contributed by atoms with Crippen LogP contribution in [0.3, 0.4) is 0 Å². The van der Waals surface area contributed by atoms with Crippen LogP contribution >= 0.6 is 0 Å². The molecule has 0 bridgehead atoms. The third kappa shape index (κ3) is 7.01. The van der Waals surface area contributed by atoms with Gasteiger partial charge in [0.25, 0.3) is 11.8 Å². The summed E-state index contributed by atoms with van der Waals surface area (Å²) in [6.07, 6.45) is -2.60. The van der Waals surface area contributed by atoms with Gasteiger partial charge in [-0.25, -0.2) is 0 Å². The van der Waals surface area contributed by atoms with E-state index >= 15 is 0 Å². The zero-order chi connectivity index (χ0) is 31.1. The van der Waals surface area contributed by atoms with E-state index in [1.54, 1.807) is 0 Å². The van der Waals surface area contributed by atoms with Crippen LogP contribution in [0.25, 0.3) is 0 Å². The number of carbonyl (C=O) groups is 2. The van der Waals surface area contributed by atoms with Gasteiger partial charge in [-0.05, 0) is 21.6 Å². The summed E-state index contributed by atoms with van der Waals surface area (Å²) in [6.45, 7) is 0.646. The number of aromatic nitrogens is 1. The van der Waals surface area contributed by atoms with Gasteiger partial charge in [0.05, 0.1) is 32.0 Å². The molecule has 4 atom stereocenters. The van der Waals surface area contributed by atoms with Crippen molar-refractivity contribution in [2.75, 3.05) is 6.61 Å². The molecule has 1 aliphatic heterocycles. The molecule has 12 heteroatoms. The molecule has 1 aliphatic rings. The first-order chi connectivity index (χ1) is 21.3. The topological polar surface area (TPSA) is 171 Å². The van der Waals surface area contributed by atoms with Crippen molar-refractivity contribution in [1.82, 2.24) is 4.57 Å². The number of benzene rings is 3. The third-order valence-corrected chi connectivity index (χ3v) is 7.21. The van der Waals surface area contributed by atoms with Gasteiger partial charge >= 0.3 is 5.82 Å². The van der Waals surface area contributed by atoms with Crippen molar-refractivity contribution in [3.8, 4) is 0 Å². The summed E-state index contributed by atoms with van der Waals surface area (Å²) in [7, 11) is 0. The van der Waals surface area contributed by atoms with Gasteiger partial charge in [-0.1, -0.05) is 91.0 Å². The van der Waals surface area contributed by atoms with Crippen molar-refractivity contribution in [3.05, 3.63) is 135 Å². The summed E-state index contributed by atoms with van der Waals surface area (Å²) in [5, 5.41) is 12.3. The standard InChI is InChI=1S/C32H32N4O8/c33-29(37)24-16-35(31(36(39)40)26(24)30(34)38)32-28(43-19-23-14-8-3-9-15-23)27(42-18-22-12-6-2-7-13-22)25(44-32)20-41-17-21-10-4-1-5-11-21/h1-16,25,27-28,32H,17-20H2,(H2,33,37)(H2,34,38)/t25-,27-,28-,32-/m1/s1. The van der Waals surface area contributed by atoms with Crippen molar-refractivity contribution in [3.63, 3.8) is 0 Å². The fraction of sp³-hybridized carbons (Fsp3) is 0.250. The van der Waals surface area contributed by atoms with Crippen molar-refractivity contribution < 1.29 is 33.5 Å². The van der Waals surface area contributed by atoms with Crippen LogP contribution in [0.1, 0.15) is 43.6 Å². The quantitative estimate of drug-likeness (QED) is 0.162. The molecule has 3 aromatic carbocycles. The number of carbonyl (C=O) groups excluding carboxylic acids is 2. The maximum atomic E-state index is 12.3. The monoisotopic (exact) mass is 600 g/mol. The van der Waals surface area contributed by atoms with Gasteiger partial charge < -0.3 is 40.5 Å². The molecule has 2 heterocycles. The number of ether oxygens (including phenoxy) is 4. The SMILES string of the molecule is NC(=O)c1cn([C@@H]2O[C@H](COCc3ccccc3)[C@@H](OCc3ccccc3)[C@H]2OCc2ccccc2)c([N+](=O)[O-])c1C(N)=O. The molecule has 5 rings (SSSR count). The first-order valence-electron chi connectivity index (χ1n) is 13.9. The van der Waals surface area contributed by atoms with E-state index < -0.39 is 58.2 Å². The lowest BCUT2D eigenvalue weighted by atomic mass is 10.1. The molecule has 0 aliphatic carbocycles. The zero-order valence-electron chi connectivity index (χ0n) is 23.7. The van der Waals surface area contributed by atoms with Crippen molar-refractivity contribution in [1.29, 1.82) is 0 Å². The average Bonchev–Trinajstić information content (AvgIpc) is 3.60. The fourth-order valence-electron chi connectivity index (χ4n) is 5.17. The average molecular weight is 601 g/mol. The summed E-state index contributed by atoms with van der Waals surface area (Å²) >= 11 is 0. The molecule has 2 amide bonds. The van der Waals surface area contributed by atoms with Crippen LogP contribution in [-0.4, -0.2) is 46.2 Å². The summed E-state index contributed by atoms with van der Waals surface area (Å²) in [5.74, 6) is -2.97. The highest BCUT2D eigenvalue weighted by atomic mass is 16.6. The molecule has 0 saturated carbocycles. The Bertz CT molecular complexity index is 1580. The lowest BCUT2D eigenvalue weighted by Crippen LogP contribution is -2.38. The maximum absolute atomic E-state index is 12.3. The fourth-order valence-corrected chi connectivity index (χ4v) is 5.17. The second kappa shape index (κ2) is 14.1. The van der Waals surface area contributed by atoms with Crippen LogP contribution < -0.4 is 11.5 Å². The molecule has 12 nitrogen and oxygen atoms in total. The van der Waals surface area contributed by atoms with Crippen LogP contribution in [0.4, 0.5) is 5.82 Å². The lowest BCUT2D eigenvalue weighted by Gasteiger charge is -2.24. The van der Waals surface area contributed by atoms with Gasteiger partial charge in [0.2, 0.25) is 6.23 Å². The summed E-state index contributed by atoms with van der Waals surface area (Å²) in [4.78, 5) is 36.1. The van der Waals surface area contributed by atoms with Gasteiger partial charge in [0.1, 0.15) is 24.0 Å². The maximum Gasteiger partial charge on any atom is 0.338 e. The Kier molecular flexibility index (Phi) is 9.77. The molecule has 1 aromatic heterocycles. The minimum Gasteiger partial charge on any atom is -0.374 e. The minimum absolute atomic E-state index is 0.0521. The number of nitrogens with two attached hydrogens (primary N) is 2. The Morgan fingerprint density at radius 2 is 1.27 bits per heavy atom. The van der Waals surface area contributed by atoms with E-state index in [0.29, 0.717) is 0 Å². The minimum atomic E-state index is -1.21. The largest absolute Gasteiger partial charge is 0.374 e. The van der Waals surface area contributed by atoms with Gasteiger partial charge in [-0.2, -0.15) is 4.57 Å².